The first-order valence-corrected chi connectivity index (χ1v) is 10.4. The third-order valence-electron chi connectivity index (χ3n) is 5.05. The molecule has 1 aromatic carbocycles. The summed E-state index contributed by atoms with van der Waals surface area (Å²) in [5.41, 5.74) is 4.54. The molecule has 4 aromatic rings. The van der Waals surface area contributed by atoms with Gasteiger partial charge in [-0.25, -0.2) is 19.3 Å². The van der Waals surface area contributed by atoms with Crippen molar-refractivity contribution in [3.63, 3.8) is 0 Å². The van der Waals surface area contributed by atoms with Crippen molar-refractivity contribution < 1.29 is 13.9 Å². The molecule has 1 aliphatic heterocycles. The molecule has 0 amide bonds. The minimum atomic E-state index is -0.658. The maximum atomic E-state index is 13.5. The molecule has 1 saturated heterocycles. The number of anilines is 1. The highest BCUT2D eigenvalue weighted by Crippen LogP contribution is 2.33. The standard InChI is InChI=1S/C24H21FN6O2/c1-15-13-32-23(33-14-15)22-30-20(17-2-4-18(25)5-3-17)21(31-22)19-8-11-27-24(29-19)28-12-16-6-9-26-10-7-16/h2-11,23H,1,12-14H2,(H,30,31)(H,27,28,29). The second kappa shape index (κ2) is 9.27. The van der Waals surface area contributed by atoms with E-state index in [2.05, 4.69) is 31.8 Å². The monoisotopic (exact) mass is 444 g/mol. The Bertz CT molecular complexity index is 1250. The Balaban J connectivity index is 1.48. The highest BCUT2D eigenvalue weighted by atomic mass is 19.1. The molecule has 1 aliphatic rings. The molecule has 0 atom stereocenters. The van der Waals surface area contributed by atoms with Gasteiger partial charge in [0, 0.05) is 30.7 Å². The molecule has 1 fully saturated rings. The number of nitrogens with zero attached hydrogens (tertiary/aromatic N) is 4. The second-order valence-corrected chi connectivity index (χ2v) is 7.53. The van der Waals surface area contributed by atoms with Gasteiger partial charge >= 0.3 is 0 Å². The largest absolute Gasteiger partial charge is 0.350 e. The molecule has 166 valence electrons. The van der Waals surface area contributed by atoms with Gasteiger partial charge in [0.2, 0.25) is 12.2 Å². The smallest absolute Gasteiger partial charge is 0.223 e. The highest BCUT2D eigenvalue weighted by Gasteiger charge is 2.25. The molecule has 0 unspecified atom stereocenters. The van der Waals surface area contributed by atoms with Crippen molar-refractivity contribution in [2.45, 2.75) is 12.8 Å². The van der Waals surface area contributed by atoms with Crippen LogP contribution >= 0.6 is 0 Å². The molecule has 5 rings (SSSR count). The van der Waals surface area contributed by atoms with Crippen LogP contribution in [0.5, 0.6) is 0 Å². The number of H-pyrrole nitrogens is 1. The number of pyridine rings is 1. The van der Waals surface area contributed by atoms with Crippen LogP contribution in [0, 0.1) is 5.82 Å². The van der Waals surface area contributed by atoms with Gasteiger partial charge in [-0.2, -0.15) is 0 Å². The summed E-state index contributed by atoms with van der Waals surface area (Å²) in [6.45, 7) is 5.21. The van der Waals surface area contributed by atoms with E-state index in [9.17, 15) is 4.39 Å². The molecule has 9 heteroatoms. The average Bonchev–Trinajstić information content (AvgIpc) is 3.30. The summed E-state index contributed by atoms with van der Waals surface area (Å²) in [4.78, 5) is 21.0. The minimum Gasteiger partial charge on any atom is -0.350 e. The van der Waals surface area contributed by atoms with E-state index in [0.29, 0.717) is 48.6 Å². The molecule has 33 heavy (non-hydrogen) atoms. The SMILES string of the molecule is C=C1COC(c2nc(-c3ccc(F)cc3)c(-c3ccnc(NCc4ccncc4)n3)[nH]2)OC1. The number of nitrogens with one attached hydrogen (secondary N) is 2. The Hall–Kier alpha value is -3.95. The van der Waals surface area contributed by atoms with Gasteiger partial charge < -0.3 is 19.8 Å². The average molecular weight is 444 g/mol. The van der Waals surface area contributed by atoms with E-state index in [1.54, 1.807) is 36.8 Å². The van der Waals surface area contributed by atoms with Crippen LogP contribution in [-0.2, 0) is 16.0 Å². The first kappa shape index (κ1) is 20.9. The first-order valence-electron chi connectivity index (χ1n) is 10.4. The normalized spacial score (nSPS) is 14.4. The summed E-state index contributed by atoms with van der Waals surface area (Å²) in [6, 6.07) is 11.8. The van der Waals surface area contributed by atoms with E-state index in [0.717, 1.165) is 16.7 Å². The zero-order chi connectivity index (χ0) is 22.6. The summed E-state index contributed by atoms with van der Waals surface area (Å²) in [5.74, 6) is 0.645. The van der Waals surface area contributed by atoms with Gasteiger partial charge in [0.05, 0.1) is 30.3 Å². The number of benzene rings is 1. The van der Waals surface area contributed by atoms with Crippen LogP contribution in [0.15, 0.2) is 73.2 Å². The number of hydrogen-bond acceptors (Lipinski definition) is 7. The van der Waals surface area contributed by atoms with E-state index >= 15 is 0 Å². The van der Waals surface area contributed by atoms with Crippen molar-refractivity contribution in [1.82, 2.24) is 24.9 Å². The fourth-order valence-corrected chi connectivity index (χ4v) is 3.40. The van der Waals surface area contributed by atoms with Crippen LogP contribution in [0.25, 0.3) is 22.6 Å². The van der Waals surface area contributed by atoms with Gasteiger partial charge in [0.25, 0.3) is 0 Å². The van der Waals surface area contributed by atoms with Crippen molar-refractivity contribution in [2.24, 2.45) is 0 Å². The Morgan fingerprint density at radius 3 is 2.52 bits per heavy atom. The van der Waals surface area contributed by atoms with Crippen LogP contribution in [-0.4, -0.2) is 38.1 Å². The van der Waals surface area contributed by atoms with Gasteiger partial charge in [-0.1, -0.05) is 6.58 Å². The summed E-state index contributed by atoms with van der Waals surface area (Å²) >= 11 is 0. The number of ether oxygens (including phenoxy) is 2. The molecule has 3 aromatic heterocycles. The van der Waals surface area contributed by atoms with Crippen molar-refractivity contribution in [1.29, 1.82) is 0 Å². The minimum absolute atomic E-state index is 0.321. The van der Waals surface area contributed by atoms with Gasteiger partial charge in [0.1, 0.15) is 5.82 Å². The molecule has 0 saturated carbocycles. The van der Waals surface area contributed by atoms with Crippen molar-refractivity contribution in [3.8, 4) is 22.6 Å². The Morgan fingerprint density at radius 1 is 1.00 bits per heavy atom. The third-order valence-corrected chi connectivity index (χ3v) is 5.05. The molecule has 0 aliphatic carbocycles. The lowest BCUT2D eigenvalue weighted by molar-refractivity contribution is -0.165. The highest BCUT2D eigenvalue weighted by molar-refractivity contribution is 5.77. The third kappa shape index (κ3) is 4.79. The van der Waals surface area contributed by atoms with Gasteiger partial charge in [0.15, 0.2) is 5.82 Å². The van der Waals surface area contributed by atoms with Crippen molar-refractivity contribution >= 4 is 5.95 Å². The maximum absolute atomic E-state index is 13.5. The summed E-state index contributed by atoms with van der Waals surface area (Å²) in [6.07, 6.45) is 4.49. The molecular formula is C24H21FN6O2. The number of aromatic amines is 1. The maximum Gasteiger partial charge on any atom is 0.223 e. The van der Waals surface area contributed by atoms with E-state index in [4.69, 9.17) is 14.5 Å². The van der Waals surface area contributed by atoms with Crippen LogP contribution in [0.4, 0.5) is 10.3 Å². The van der Waals surface area contributed by atoms with Crippen LogP contribution in [0.2, 0.25) is 0 Å². The summed E-state index contributed by atoms with van der Waals surface area (Å²) in [7, 11) is 0. The van der Waals surface area contributed by atoms with Crippen molar-refractivity contribution in [2.75, 3.05) is 18.5 Å². The summed E-state index contributed by atoms with van der Waals surface area (Å²) < 4.78 is 25.0. The topological polar surface area (TPSA) is 97.8 Å². The zero-order valence-corrected chi connectivity index (χ0v) is 17.7. The lowest BCUT2D eigenvalue weighted by atomic mass is 10.1. The molecule has 2 N–H and O–H groups in total. The van der Waals surface area contributed by atoms with Crippen molar-refractivity contribution in [3.05, 3.63) is 90.4 Å². The summed E-state index contributed by atoms with van der Waals surface area (Å²) in [5, 5.41) is 3.22. The van der Waals surface area contributed by atoms with Crippen LogP contribution in [0.1, 0.15) is 17.7 Å². The lowest BCUT2D eigenvalue weighted by Crippen LogP contribution is -2.20. The Kier molecular flexibility index (Phi) is 5.88. The number of halogens is 1. The van der Waals surface area contributed by atoms with Gasteiger partial charge in [-0.3, -0.25) is 4.98 Å². The number of imidazole rings is 1. The lowest BCUT2D eigenvalue weighted by Gasteiger charge is -2.22. The quantitative estimate of drug-likeness (QED) is 0.428. The van der Waals surface area contributed by atoms with Gasteiger partial charge in [-0.15, -0.1) is 0 Å². The molecule has 8 nitrogen and oxygen atoms in total. The molecule has 0 bridgehead atoms. The number of hydrogen-bond donors (Lipinski definition) is 2. The second-order valence-electron chi connectivity index (χ2n) is 7.53. The first-order chi connectivity index (χ1) is 16.2. The predicted molar refractivity (Wildman–Crippen MR) is 120 cm³/mol. The Labute approximate surface area is 189 Å². The Morgan fingerprint density at radius 2 is 1.76 bits per heavy atom. The number of aromatic nitrogens is 5. The van der Waals surface area contributed by atoms with Crippen LogP contribution in [0.3, 0.4) is 0 Å². The molecule has 4 heterocycles. The van der Waals surface area contributed by atoms with Gasteiger partial charge in [-0.05, 0) is 53.6 Å². The molecular weight excluding hydrogens is 423 g/mol. The predicted octanol–water partition coefficient (Wildman–Crippen LogP) is 4.28. The van der Waals surface area contributed by atoms with E-state index in [1.807, 2.05) is 12.1 Å². The van der Waals surface area contributed by atoms with E-state index in [-0.39, 0.29) is 5.82 Å². The zero-order valence-electron chi connectivity index (χ0n) is 17.7. The molecule has 0 radical (unpaired) electrons. The molecule has 0 spiro atoms. The van der Waals surface area contributed by atoms with E-state index in [1.165, 1.54) is 12.1 Å². The van der Waals surface area contributed by atoms with E-state index < -0.39 is 6.29 Å². The van der Waals surface area contributed by atoms with Crippen LogP contribution < -0.4 is 5.32 Å². The number of rotatable bonds is 6. The fraction of sp³-hybridized carbons (Fsp3) is 0.167. The fourth-order valence-electron chi connectivity index (χ4n) is 3.40.